The van der Waals surface area contributed by atoms with Gasteiger partial charge in [0.1, 0.15) is 12.4 Å². The molecule has 0 spiro atoms. The smallest absolute Gasteiger partial charge is 0.194 e. The molecule has 0 N–H and O–H groups in total. The number of ether oxygens (including phenoxy) is 1. The van der Waals surface area contributed by atoms with Gasteiger partial charge in [-0.1, -0.05) is 22.8 Å². The van der Waals surface area contributed by atoms with Gasteiger partial charge in [-0.3, -0.25) is 0 Å². The third-order valence-electron chi connectivity index (χ3n) is 5.85. The second-order valence-corrected chi connectivity index (χ2v) is 8.66. The monoisotopic (exact) mass is 500 g/mol. The van der Waals surface area contributed by atoms with Gasteiger partial charge in [-0.05, 0) is 48.4 Å². The molecule has 1 aromatic heterocycles. The Labute approximate surface area is 204 Å². The quantitative estimate of drug-likeness (QED) is 0.431. The summed E-state index contributed by atoms with van der Waals surface area (Å²) in [5.74, 6) is -2.95. The molecule has 0 saturated heterocycles. The van der Waals surface area contributed by atoms with Gasteiger partial charge in [-0.15, -0.1) is 0 Å². The number of imidazole rings is 1. The molecule has 2 aliphatic heterocycles. The molecule has 3 heterocycles. The van der Waals surface area contributed by atoms with Crippen LogP contribution < -0.4 is 4.74 Å². The summed E-state index contributed by atoms with van der Waals surface area (Å²) in [5, 5.41) is 4.59. The molecule has 180 valence electrons. The van der Waals surface area contributed by atoms with Crippen molar-refractivity contribution in [3.05, 3.63) is 100 Å². The van der Waals surface area contributed by atoms with Gasteiger partial charge in [0.05, 0.1) is 35.9 Å². The van der Waals surface area contributed by atoms with Gasteiger partial charge in [0, 0.05) is 24.4 Å². The maximum Gasteiger partial charge on any atom is 0.194 e. The van der Waals surface area contributed by atoms with E-state index >= 15 is 0 Å². The van der Waals surface area contributed by atoms with E-state index in [2.05, 4.69) is 10.1 Å². The van der Waals surface area contributed by atoms with Crippen LogP contribution in [0.2, 0.25) is 0 Å². The Kier molecular flexibility index (Phi) is 6.02. The first-order valence-electron chi connectivity index (χ1n) is 10.7. The van der Waals surface area contributed by atoms with Crippen molar-refractivity contribution < 1.29 is 22.7 Å². The summed E-state index contributed by atoms with van der Waals surface area (Å²) in [6, 6.07) is 7.06. The molecule has 0 amide bonds. The number of rotatable bonds is 5. The van der Waals surface area contributed by atoms with E-state index in [1.807, 2.05) is 35.9 Å². The lowest BCUT2D eigenvalue weighted by molar-refractivity contribution is 0.0751. The molecule has 0 bridgehead atoms. The average molecular weight is 501 g/mol. The van der Waals surface area contributed by atoms with E-state index in [4.69, 9.17) is 21.2 Å². The van der Waals surface area contributed by atoms with Gasteiger partial charge in [0.25, 0.3) is 0 Å². The summed E-state index contributed by atoms with van der Waals surface area (Å²) < 4.78 is 48.8. The molecule has 2 aromatic carbocycles. The largest absolute Gasteiger partial charge is 0.495 e. The van der Waals surface area contributed by atoms with E-state index in [0.29, 0.717) is 23.0 Å². The second-order valence-electron chi connectivity index (χ2n) is 8.22. The van der Waals surface area contributed by atoms with E-state index in [9.17, 15) is 13.2 Å². The van der Waals surface area contributed by atoms with Crippen LogP contribution in [0.4, 0.5) is 13.2 Å². The molecule has 0 radical (unpaired) electrons. The number of hydrogen-bond donors (Lipinski definition) is 0. The summed E-state index contributed by atoms with van der Waals surface area (Å²) in [6.07, 6.45) is 7.42. The predicted molar refractivity (Wildman–Crippen MR) is 125 cm³/mol. The third-order valence-corrected chi connectivity index (χ3v) is 6.05. The fraction of sp³-hybridized carbons (Fsp3) is 0.200. The SMILES string of the molecule is COc1cc(CC2=CC(Cl)=CN3C2=NOCC3c2cc(F)c(F)c(F)c2)ccc1-n1cnc(C)c1. The van der Waals surface area contributed by atoms with Crippen LogP contribution in [0.5, 0.6) is 5.75 Å². The van der Waals surface area contributed by atoms with Crippen molar-refractivity contribution in [2.45, 2.75) is 19.4 Å². The molecule has 3 aromatic rings. The van der Waals surface area contributed by atoms with Crippen molar-refractivity contribution in [3.63, 3.8) is 0 Å². The van der Waals surface area contributed by atoms with Crippen molar-refractivity contribution in [2.75, 3.05) is 13.7 Å². The van der Waals surface area contributed by atoms with Gasteiger partial charge >= 0.3 is 0 Å². The van der Waals surface area contributed by atoms with Crippen molar-refractivity contribution >= 4 is 17.4 Å². The summed E-state index contributed by atoms with van der Waals surface area (Å²) in [6.45, 7) is 1.92. The Morgan fingerprint density at radius 3 is 2.63 bits per heavy atom. The highest BCUT2D eigenvalue weighted by atomic mass is 35.5. The van der Waals surface area contributed by atoms with Crippen LogP contribution in [0.1, 0.15) is 22.9 Å². The Balaban J connectivity index is 1.45. The number of aryl methyl sites for hydroxylation is 1. The van der Waals surface area contributed by atoms with E-state index in [-0.39, 0.29) is 12.2 Å². The number of aromatic nitrogens is 2. The molecule has 0 fully saturated rings. The van der Waals surface area contributed by atoms with Crippen molar-refractivity contribution in [2.24, 2.45) is 5.16 Å². The molecule has 35 heavy (non-hydrogen) atoms. The van der Waals surface area contributed by atoms with Crippen LogP contribution in [0.25, 0.3) is 5.69 Å². The highest BCUT2D eigenvalue weighted by Crippen LogP contribution is 2.35. The fourth-order valence-corrected chi connectivity index (χ4v) is 4.43. The lowest BCUT2D eigenvalue weighted by Gasteiger charge is -2.37. The molecule has 1 atom stereocenters. The van der Waals surface area contributed by atoms with Crippen LogP contribution in [0.15, 0.2) is 70.9 Å². The standard InChI is InChI=1S/C25H20ClF3N4O2/c1-14-10-32(13-30-14)21-4-3-15(6-23(21)34-2)5-17-7-18(26)11-33-22(12-35-31-25(17)33)16-8-19(27)24(29)20(28)9-16/h3-4,6-11,13,22H,5,12H2,1-2H3. The highest BCUT2D eigenvalue weighted by molar-refractivity contribution is 6.32. The van der Waals surface area contributed by atoms with Crippen molar-refractivity contribution in [1.82, 2.24) is 14.5 Å². The minimum atomic E-state index is -1.52. The summed E-state index contributed by atoms with van der Waals surface area (Å²) in [5.41, 5.74) is 3.59. The molecule has 5 rings (SSSR count). The number of methoxy groups -OCH3 is 1. The number of fused-ring (bicyclic) bond motifs is 1. The van der Waals surface area contributed by atoms with Crippen molar-refractivity contribution in [3.8, 4) is 11.4 Å². The van der Waals surface area contributed by atoms with Gasteiger partial charge in [-0.25, -0.2) is 18.2 Å². The average Bonchev–Trinajstić information content (AvgIpc) is 3.27. The van der Waals surface area contributed by atoms with E-state index in [1.54, 1.807) is 30.6 Å². The molecular formula is C25H20ClF3N4O2. The van der Waals surface area contributed by atoms with Crippen molar-refractivity contribution in [1.29, 1.82) is 0 Å². The van der Waals surface area contributed by atoms with Crippen LogP contribution in [-0.4, -0.2) is 34.0 Å². The Morgan fingerprint density at radius 1 is 1.17 bits per heavy atom. The minimum absolute atomic E-state index is 0.00873. The van der Waals surface area contributed by atoms with E-state index in [1.165, 1.54) is 0 Å². The number of allylic oxidation sites excluding steroid dienone is 2. The van der Waals surface area contributed by atoms with Crippen LogP contribution in [-0.2, 0) is 11.3 Å². The van der Waals surface area contributed by atoms with Gasteiger partial charge in [0.2, 0.25) is 0 Å². The molecule has 2 aliphatic rings. The number of halogens is 4. The van der Waals surface area contributed by atoms with Crippen LogP contribution in [0, 0.1) is 24.4 Å². The zero-order valence-corrected chi connectivity index (χ0v) is 19.6. The number of amidine groups is 1. The number of oxime groups is 1. The number of hydrogen-bond acceptors (Lipinski definition) is 5. The summed E-state index contributed by atoms with van der Waals surface area (Å²) in [4.78, 5) is 11.4. The predicted octanol–water partition coefficient (Wildman–Crippen LogP) is 5.56. The van der Waals surface area contributed by atoms with E-state index < -0.39 is 23.5 Å². The molecule has 10 heteroatoms. The Bertz CT molecular complexity index is 1380. The summed E-state index contributed by atoms with van der Waals surface area (Å²) >= 11 is 6.41. The Hall–Kier alpha value is -3.72. The van der Waals surface area contributed by atoms with Crippen LogP contribution >= 0.6 is 11.6 Å². The zero-order valence-electron chi connectivity index (χ0n) is 18.8. The molecular weight excluding hydrogens is 481 g/mol. The van der Waals surface area contributed by atoms with Crippen LogP contribution in [0.3, 0.4) is 0 Å². The van der Waals surface area contributed by atoms with E-state index in [0.717, 1.165) is 34.7 Å². The minimum Gasteiger partial charge on any atom is -0.495 e. The second kappa shape index (κ2) is 9.14. The molecule has 1 unspecified atom stereocenters. The summed E-state index contributed by atoms with van der Waals surface area (Å²) in [7, 11) is 1.60. The highest BCUT2D eigenvalue weighted by Gasteiger charge is 2.33. The number of nitrogens with zero attached hydrogens (tertiary/aromatic N) is 4. The topological polar surface area (TPSA) is 51.9 Å². The van der Waals surface area contributed by atoms with Gasteiger partial charge in [0.15, 0.2) is 23.3 Å². The fourth-order valence-electron chi connectivity index (χ4n) is 4.19. The third kappa shape index (κ3) is 4.39. The normalized spacial score (nSPS) is 17.3. The maximum atomic E-state index is 13.9. The lowest BCUT2D eigenvalue weighted by Crippen LogP contribution is -2.39. The first kappa shape index (κ1) is 23.0. The molecule has 0 aliphatic carbocycles. The first-order valence-corrected chi connectivity index (χ1v) is 11.1. The lowest BCUT2D eigenvalue weighted by atomic mass is 9.97. The Morgan fingerprint density at radius 2 is 1.94 bits per heavy atom. The zero-order chi connectivity index (χ0) is 24.7. The van der Waals surface area contributed by atoms with Gasteiger partial charge in [-0.2, -0.15) is 0 Å². The number of benzene rings is 2. The maximum absolute atomic E-state index is 13.9. The van der Waals surface area contributed by atoms with Gasteiger partial charge < -0.3 is 19.0 Å². The molecule has 0 saturated carbocycles. The first-order chi connectivity index (χ1) is 16.8. The molecule has 6 nitrogen and oxygen atoms in total.